The molecule has 0 saturated carbocycles. The topological polar surface area (TPSA) is 71.4 Å². The summed E-state index contributed by atoms with van der Waals surface area (Å²) in [5.41, 5.74) is -2.04. The summed E-state index contributed by atoms with van der Waals surface area (Å²) in [6.45, 7) is 0. The molecule has 1 atom stereocenters. The lowest BCUT2D eigenvalue weighted by Crippen LogP contribution is -2.27. The number of alkyl halides is 1. The van der Waals surface area contributed by atoms with Crippen LogP contribution in [-0.4, -0.2) is 36.7 Å². The van der Waals surface area contributed by atoms with Crippen molar-refractivity contribution in [2.75, 3.05) is 11.5 Å². The molecule has 0 spiro atoms. The maximum Gasteiger partial charge on any atom is 0.306 e. The molecule has 1 aliphatic heterocycles. The molecule has 0 amide bonds. The molecule has 1 N–H and O–H groups in total. The SMILES string of the molecule is O=C(O)CC1(F)CCS(=O)(=O)C1. The van der Waals surface area contributed by atoms with E-state index in [1.54, 1.807) is 0 Å². The summed E-state index contributed by atoms with van der Waals surface area (Å²) in [7, 11) is -3.34. The highest BCUT2D eigenvalue weighted by Gasteiger charge is 2.44. The largest absolute Gasteiger partial charge is 0.481 e. The Labute approximate surface area is 69.3 Å². The number of aliphatic carboxylic acids is 1. The number of carbonyl (C=O) groups is 1. The summed E-state index contributed by atoms with van der Waals surface area (Å²) in [5.74, 6) is -2.18. The van der Waals surface area contributed by atoms with Crippen LogP contribution in [0.25, 0.3) is 0 Å². The van der Waals surface area contributed by atoms with Crippen molar-refractivity contribution in [3.8, 4) is 0 Å². The Morgan fingerprint density at radius 3 is 2.50 bits per heavy atom. The standard InChI is InChI=1S/C6H9FO4S/c7-6(3-5(8)9)1-2-12(10,11)4-6/h1-4H2,(H,8,9). The Morgan fingerprint density at radius 2 is 2.17 bits per heavy atom. The minimum absolute atomic E-state index is 0.193. The third-order valence-corrected chi connectivity index (χ3v) is 3.59. The summed E-state index contributed by atoms with van der Waals surface area (Å²) < 4.78 is 34.9. The van der Waals surface area contributed by atoms with Crippen LogP contribution >= 0.6 is 0 Å². The summed E-state index contributed by atoms with van der Waals surface area (Å²) in [6.07, 6.45) is -0.909. The van der Waals surface area contributed by atoms with Gasteiger partial charge in [-0.3, -0.25) is 4.79 Å². The fraction of sp³-hybridized carbons (Fsp3) is 0.833. The van der Waals surface area contributed by atoms with Gasteiger partial charge in [-0.1, -0.05) is 0 Å². The number of halogens is 1. The first-order valence-corrected chi connectivity index (χ1v) is 5.26. The lowest BCUT2D eigenvalue weighted by molar-refractivity contribution is -0.139. The third kappa shape index (κ3) is 2.17. The predicted octanol–water partition coefficient (Wildman–Crippen LogP) is -0.0121. The first kappa shape index (κ1) is 9.44. The van der Waals surface area contributed by atoms with Gasteiger partial charge in [0.05, 0.1) is 17.9 Å². The fourth-order valence-corrected chi connectivity index (χ4v) is 3.14. The second-order valence-electron chi connectivity index (χ2n) is 3.06. The van der Waals surface area contributed by atoms with Crippen LogP contribution in [0.15, 0.2) is 0 Å². The van der Waals surface area contributed by atoms with Crippen molar-refractivity contribution >= 4 is 15.8 Å². The molecule has 1 rings (SSSR count). The van der Waals surface area contributed by atoms with Crippen LogP contribution in [0.4, 0.5) is 4.39 Å². The van der Waals surface area contributed by atoms with Gasteiger partial charge < -0.3 is 5.11 Å². The molecular formula is C6H9FO4S. The molecule has 0 aromatic carbocycles. The number of carboxylic acid groups (broad SMARTS) is 1. The van der Waals surface area contributed by atoms with E-state index in [0.717, 1.165) is 0 Å². The first-order chi connectivity index (χ1) is 5.33. The van der Waals surface area contributed by atoms with Crippen LogP contribution in [0.3, 0.4) is 0 Å². The zero-order valence-corrected chi connectivity index (χ0v) is 7.10. The fourth-order valence-electron chi connectivity index (χ4n) is 1.29. The van der Waals surface area contributed by atoms with E-state index in [4.69, 9.17) is 5.11 Å². The van der Waals surface area contributed by atoms with Crippen molar-refractivity contribution < 1.29 is 22.7 Å². The van der Waals surface area contributed by atoms with Crippen LogP contribution < -0.4 is 0 Å². The second-order valence-corrected chi connectivity index (χ2v) is 5.25. The van der Waals surface area contributed by atoms with E-state index in [0.29, 0.717) is 0 Å². The van der Waals surface area contributed by atoms with Gasteiger partial charge in [0.15, 0.2) is 9.84 Å². The van der Waals surface area contributed by atoms with Crippen LogP contribution in [0.5, 0.6) is 0 Å². The van der Waals surface area contributed by atoms with Gasteiger partial charge in [-0.05, 0) is 6.42 Å². The van der Waals surface area contributed by atoms with Crippen LogP contribution in [0.2, 0.25) is 0 Å². The van der Waals surface area contributed by atoms with Gasteiger partial charge in [-0.25, -0.2) is 12.8 Å². The lowest BCUT2D eigenvalue weighted by Gasteiger charge is -2.13. The van der Waals surface area contributed by atoms with Gasteiger partial charge in [-0.15, -0.1) is 0 Å². The number of sulfone groups is 1. The highest BCUT2D eigenvalue weighted by molar-refractivity contribution is 7.91. The van der Waals surface area contributed by atoms with E-state index in [1.165, 1.54) is 0 Å². The molecule has 0 bridgehead atoms. The van der Waals surface area contributed by atoms with Crippen molar-refractivity contribution in [3.05, 3.63) is 0 Å². The highest BCUT2D eigenvalue weighted by Crippen LogP contribution is 2.30. The van der Waals surface area contributed by atoms with Crippen LogP contribution in [-0.2, 0) is 14.6 Å². The molecule has 0 aliphatic carbocycles. The van der Waals surface area contributed by atoms with Crippen molar-refractivity contribution in [1.82, 2.24) is 0 Å². The molecule has 12 heavy (non-hydrogen) atoms. The zero-order valence-electron chi connectivity index (χ0n) is 6.29. The minimum atomic E-state index is -3.34. The second kappa shape index (κ2) is 2.69. The summed E-state index contributed by atoms with van der Waals surface area (Å²) >= 11 is 0. The molecule has 4 nitrogen and oxygen atoms in total. The minimum Gasteiger partial charge on any atom is -0.481 e. The van der Waals surface area contributed by atoms with E-state index in [2.05, 4.69) is 0 Å². The van der Waals surface area contributed by atoms with E-state index in [1.807, 2.05) is 0 Å². The Balaban J connectivity index is 2.71. The van der Waals surface area contributed by atoms with E-state index in [9.17, 15) is 17.6 Å². The zero-order chi connectivity index (χ0) is 9.41. The molecule has 0 aromatic rings. The van der Waals surface area contributed by atoms with Crippen molar-refractivity contribution in [1.29, 1.82) is 0 Å². The smallest absolute Gasteiger partial charge is 0.306 e. The van der Waals surface area contributed by atoms with Crippen LogP contribution in [0.1, 0.15) is 12.8 Å². The van der Waals surface area contributed by atoms with Crippen LogP contribution in [0, 0.1) is 0 Å². The normalized spacial score (nSPS) is 33.4. The molecule has 1 fully saturated rings. The van der Waals surface area contributed by atoms with E-state index in [-0.39, 0.29) is 12.2 Å². The monoisotopic (exact) mass is 196 g/mol. The summed E-state index contributed by atoms with van der Waals surface area (Å²) in [6, 6.07) is 0. The molecule has 6 heteroatoms. The molecule has 0 aromatic heterocycles. The third-order valence-electron chi connectivity index (χ3n) is 1.81. The number of hydrogen-bond acceptors (Lipinski definition) is 3. The van der Waals surface area contributed by atoms with Gasteiger partial charge in [0.1, 0.15) is 5.67 Å². The number of carboxylic acids is 1. The maximum atomic E-state index is 13.3. The Kier molecular flexibility index (Phi) is 2.11. The molecular weight excluding hydrogens is 187 g/mol. The van der Waals surface area contributed by atoms with Crippen molar-refractivity contribution in [3.63, 3.8) is 0 Å². The van der Waals surface area contributed by atoms with Gasteiger partial charge >= 0.3 is 5.97 Å². The first-order valence-electron chi connectivity index (χ1n) is 3.44. The summed E-state index contributed by atoms with van der Waals surface area (Å²) in [4.78, 5) is 10.1. The van der Waals surface area contributed by atoms with Gasteiger partial charge in [0.2, 0.25) is 0 Å². The average Bonchev–Trinajstić information content (AvgIpc) is 2.03. The molecule has 1 saturated heterocycles. The number of rotatable bonds is 2. The molecule has 1 aliphatic rings. The molecule has 0 radical (unpaired) electrons. The Hall–Kier alpha value is -0.650. The van der Waals surface area contributed by atoms with E-state index < -0.39 is 33.6 Å². The van der Waals surface area contributed by atoms with Gasteiger partial charge in [-0.2, -0.15) is 0 Å². The maximum absolute atomic E-state index is 13.3. The lowest BCUT2D eigenvalue weighted by atomic mass is 10.0. The van der Waals surface area contributed by atoms with Crippen molar-refractivity contribution in [2.45, 2.75) is 18.5 Å². The average molecular weight is 196 g/mol. The highest BCUT2D eigenvalue weighted by atomic mass is 32.2. The van der Waals surface area contributed by atoms with E-state index >= 15 is 0 Å². The van der Waals surface area contributed by atoms with Gasteiger partial charge in [0, 0.05) is 0 Å². The van der Waals surface area contributed by atoms with Crippen molar-refractivity contribution in [2.24, 2.45) is 0 Å². The molecule has 1 heterocycles. The Morgan fingerprint density at radius 1 is 1.58 bits per heavy atom. The molecule has 70 valence electrons. The molecule has 1 unspecified atom stereocenters. The number of hydrogen-bond donors (Lipinski definition) is 1. The quantitative estimate of drug-likeness (QED) is 0.674. The Bertz CT molecular complexity index is 297. The summed E-state index contributed by atoms with van der Waals surface area (Å²) in [5, 5.41) is 8.27. The predicted molar refractivity (Wildman–Crippen MR) is 39.4 cm³/mol. The van der Waals surface area contributed by atoms with Gasteiger partial charge in [0.25, 0.3) is 0 Å².